The second kappa shape index (κ2) is 7.93. The standard InChI is InChI=1S/C11H8ClF13O3/c1-6(3-12,26-2)7(16,17)10(22,23)28-8(18,9(19,20)21)11(24,25)27-5(15)4(13)14/h3H2,1-2H3. The predicted molar refractivity (Wildman–Crippen MR) is 63.4 cm³/mol. The maximum atomic E-state index is 13.8. The highest BCUT2D eigenvalue weighted by molar-refractivity contribution is 6.18. The molecule has 3 nitrogen and oxygen atoms in total. The van der Waals surface area contributed by atoms with Crippen molar-refractivity contribution < 1.29 is 71.3 Å². The minimum Gasteiger partial charge on any atom is -0.398 e. The first-order chi connectivity index (χ1) is 12.2. The fourth-order valence-electron chi connectivity index (χ4n) is 1.31. The summed E-state index contributed by atoms with van der Waals surface area (Å²) in [4.78, 5) is 0. The van der Waals surface area contributed by atoms with Gasteiger partial charge < -0.3 is 9.47 Å². The van der Waals surface area contributed by atoms with Crippen LogP contribution >= 0.6 is 11.6 Å². The normalized spacial score (nSPS) is 18.3. The van der Waals surface area contributed by atoms with Gasteiger partial charge >= 0.3 is 42.3 Å². The molecule has 0 rings (SSSR count). The molecule has 0 heterocycles. The molecule has 168 valence electrons. The highest BCUT2D eigenvalue weighted by Gasteiger charge is 2.82. The van der Waals surface area contributed by atoms with Crippen LogP contribution in [0.4, 0.5) is 57.1 Å². The van der Waals surface area contributed by atoms with Gasteiger partial charge in [-0.05, 0) is 6.92 Å². The van der Waals surface area contributed by atoms with Crippen molar-refractivity contribution >= 4 is 11.6 Å². The van der Waals surface area contributed by atoms with Crippen LogP contribution in [-0.4, -0.2) is 48.8 Å². The van der Waals surface area contributed by atoms with Crippen LogP contribution in [0.2, 0.25) is 0 Å². The number of ether oxygens (including phenoxy) is 3. The summed E-state index contributed by atoms with van der Waals surface area (Å²) in [5.41, 5.74) is -3.60. The first-order valence-corrected chi connectivity index (χ1v) is 6.79. The van der Waals surface area contributed by atoms with Gasteiger partial charge in [0.05, 0.1) is 5.88 Å². The third-order valence-electron chi connectivity index (χ3n) is 3.11. The van der Waals surface area contributed by atoms with E-state index in [1.165, 1.54) is 0 Å². The summed E-state index contributed by atoms with van der Waals surface area (Å²) in [5.74, 6) is -14.9. The zero-order valence-corrected chi connectivity index (χ0v) is 14.0. The molecule has 0 aromatic rings. The number of methoxy groups -OCH3 is 1. The maximum absolute atomic E-state index is 13.8. The third-order valence-corrected chi connectivity index (χ3v) is 3.62. The van der Waals surface area contributed by atoms with E-state index in [4.69, 9.17) is 11.6 Å². The van der Waals surface area contributed by atoms with Gasteiger partial charge in [0, 0.05) is 7.11 Å². The number of rotatable bonds is 9. The van der Waals surface area contributed by atoms with E-state index in [9.17, 15) is 57.1 Å². The molecule has 0 saturated heterocycles. The maximum Gasteiger partial charge on any atom is 0.471 e. The summed E-state index contributed by atoms with van der Waals surface area (Å²) in [6.45, 7) is 0.0697. The van der Waals surface area contributed by atoms with Gasteiger partial charge in [-0.25, -0.2) is 0 Å². The summed E-state index contributed by atoms with van der Waals surface area (Å²) < 4.78 is 177. The minimum absolute atomic E-state index is 0.0697. The summed E-state index contributed by atoms with van der Waals surface area (Å²) in [6.07, 6.45) is -25.0. The van der Waals surface area contributed by atoms with Crippen LogP contribution in [-0.2, 0) is 14.2 Å². The highest BCUT2D eigenvalue weighted by atomic mass is 35.5. The lowest BCUT2D eigenvalue weighted by Gasteiger charge is -2.41. The van der Waals surface area contributed by atoms with E-state index in [2.05, 4.69) is 9.47 Å². The summed E-state index contributed by atoms with van der Waals surface area (Å²) >= 11 is 4.93. The quantitative estimate of drug-likeness (QED) is 0.244. The lowest BCUT2D eigenvalue weighted by Crippen LogP contribution is -2.67. The second-order valence-corrected chi connectivity index (χ2v) is 5.28. The van der Waals surface area contributed by atoms with Crippen LogP contribution in [0, 0.1) is 0 Å². The molecule has 0 N–H and O–H groups in total. The van der Waals surface area contributed by atoms with Gasteiger partial charge in [0.2, 0.25) is 0 Å². The van der Waals surface area contributed by atoms with Crippen molar-refractivity contribution in [2.75, 3.05) is 13.0 Å². The van der Waals surface area contributed by atoms with E-state index in [1.54, 1.807) is 0 Å². The topological polar surface area (TPSA) is 27.7 Å². The Morgan fingerprint density at radius 3 is 1.54 bits per heavy atom. The number of halogens is 14. The van der Waals surface area contributed by atoms with Crippen molar-refractivity contribution in [3.05, 3.63) is 12.1 Å². The van der Waals surface area contributed by atoms with Crippen LogP contribution in [0.5, 0.6) is 0 Å². The highest BCUT2D eigenvalue weighted by Crippen LogP contribution is 2.54. The molecule has 2 atom stereocenters. The van der Waals surface area contributed by atoms with Gasteiger partial charge in [0.15, 0.2) is 5.60 Å². The Morgan fingerprint density at radius 1 is 0.821 bits per heavy atom. The minimum atomic E-state index is -7.33. The number of hydrogen-bond acceptors (Lipinski definition) is 3. The van der Waals surface area contributed by atoms with E-state index in [1.807, 2.05) is 4.74 Å². The Bertz CT molecular complexity index is 583. The average molecular weight is 471 g/mol. The van der Waals surface area contributed by atoms with Crippen molar-refractivity contribution in [2.45, 2.75) is 42.7 Å². The van der Waals surface area contributed by atoms with Gasteiger partial charge in [-0.3, -0.25) is 4.74 Å². The lowest BCUT2D eigenvalue weighted by molar-refractivity contribution is -0.523. The Hall–Kier alpha value is -1.16. The molecular weight excluding hydrogens is 463 g/mol. The summed E-state index contributed by atoms with van der Waals surface area (Å²) in [6, 6.07) is -3.82. The lowest BCUT2D eigenvalue weighted by atomic mass is 9.98. The van der Waals surface area contributed by atoms with Crippen LogP contribution in [0.25, 0.3) is 0 Å². The Kier molecular flexibility index (Phi) is 7.60. The van der Waals surface area contributed by atoms with Crippen LogP contribution in [0.15, 0.2) is 12.1 Å². The van der Waals surface area contributed by atoms with E-state index in [0.717, 1.165) is 0 Å². The molecule has 0 fully saturated rings. The Labute approximate surface area is 151 Å². The van der Waals surface area contributed by atoms with Gasteiger partial charge in [0.25, 0.3) is 0 Å². The molecular formula is C11H8ClF13O3. The molecule has 0 saturated carbocycles. The Morgan fingerprint density at radius 2 is 1.25 bits per heavy atom. The first kappa shape index (κ1) is 26.8. The molecule has 0 aliphatic rings. The molecule has 0 bridgehead atoms. The largest absolute Gasteiger partial charge is 0.471 e. The smallest absolute Gasteiger partial charge is 0.398 e. The van der Waals surface area contributed by atoms with Crippen molar-refractivity contribution in [2.24, 2.45) is 0 Å². The molecule has 17 heteroatoms. The van der Waals surface area contributed by atoms with Crippen LogP contribution < -0.4 is 0 Å². The number of hydrogen-bond donors (Lipinski definition) is 0. The molecule has 0 aliphatic heterocycles. The van der Waals surface area contributed by atoms with E-state index in [0.29, 0.717) is 7.11 Å². The zero-order chi connectivity index (χ0) is 23.0. The molecule has 0 aliphatic carbocycles. The Balaban J connectivity index is 6.39. The summed E-state index contributed by atoms with van der Waals surface area (Å²) in [7, 11) is 0.306. The molecule has 0 amide bonds. The fourth-order valence-corrected chi connectivity index (χ4v) is 1.59. The van der Waals surface area contributed by atoms with Crippen LogP contribution in [0.1, 0.15) is 6.92 Å². The van der Waals surface area contributed by atoms with Crippen molar-refractivity contribution in [3.63, 3.8) is 0 Å². The van der Waals surface area contributed by atoms with Gasteiger partial charge in [-0.1, -0.05) is 0 Å². The average Bonchev–Trinajstić information content (AvgIpc) is 2.51. The molecule has 0 aromatic heterocycles. The van der Waals surface area contributed by atoms with E-state index >= 15 is 0 Å². The van der Waals surface area contributed by atoms with Crippen molar-refractivity contribution in [1.82, 2.24) is 0 Å². The second-order valence-electron chi connectivity index (χ2n) is 5.01. The SMILES string of the molecule is COC(C)(CCl)C(F)(F)C(F)(F)OC(F)(C(F)(F)F)C(F)(F)OC(F)=C(F)F. The van der Waals surface area contributed by atoms with E-state index < -0.39 is 53.7 Å². The zero-order valence-electron chi connectivity index (χ0n) is 13.2. The van der Waals surface area contributed by atoms with Gasteiger partial charge in [-0.2, -0.15) is 57.1 Å². The predicted octanol–water partition coefficient (Wildman–Crippen LogP) is 5.75. The molecule has 0 aromatic carbocycles. The monoisotopic (exact) mass is 470 g/mol. The third kappa shape index (κ3) is 4.53. The summed E-state index contributed by atoms with van der Waals surface area (Å²) in [5, 5.41) is 0. The molecule has 2 unspecified atom stereocenters. The molecule has 0 spiro atoms. The van der Waals surface area contributed by atoms with E-state index in [-0.39, 0.29) is 6.92 Å². The fraction of sp³-hybridized carbons (Fsp3) is 0.818. The number of alkyl halides is 11. The van der Waals surface area contributed by atoms with Crippen LogP contribution in [0.3, 0.4) is 0 Å². The van der Waals surface area contributed by atoms with Crippen molar-refractivity contribution in [3.8, 4) is 0 Å². The first-order valence-electron chi connectivity index (χ1n) is 6.26. The van der Waals surface area contributed by atoms with Gasteiger partial charge in [-0.15, -0.1) is 11.6 Å². The van der Waals surface area contributed by atoms with Gasteiger partial charge in [0.1, 0.15) is 0 Å². The molecule has 28 heavy (non-hydrogen) atoms. The van der Waals surface area contributed by atoms with Crippen molar-refractivity contribution in [1.29, 1.82) is 0 Å². The molecule has 0 radical (unpaired) electrons.